The summed E-state index contributed by atoms with van der Waals surface area (Å²) in [5, 5.41) is 12.9. The molecule has 0 saturated heterocycles. The molecular weight excluding hydrogens is 448 g/mol. The van der Waals surface area contributed by atoms with Gasteiger partial charge in [-0.3, -0.25) is 4.57 Å². The first kappa shape index (κ1) is 20.5. The third kappa shape index (κ3) is 2.84. The van der Waals surface area contributed by atoms with Crippen LogP contribution in [0.2, 0.25) is 0 Å². The number of hydrogen-bond donors (Lipinski definition) is 0. The highest BCUT2D eigenvalue weighted by Gasteiger charge is 2.16. The maximum absolute atomic E-state index is 4.98. The Bertz CT molecular complexity index is 2180. The van der Waals surface area contributed by atoms with Crippen LogP contribution >= 0.6 is 0 Å². The van der Waals surface area contributed by atoms with E-state index >= 15 is 0 Å². The molecule has 0 bridgehead atoms. The van der Waals surface area contributed by atoms with E-state index in [1.807, 2.05) is 0 Å². The Morgan fingerprint density at radius 2 is 1.14 bits per heavy atom. The van der Waals surface area contributed by atoms with Crippen LogP contribution < -0.4 is 0 Å². The summed E-state index contributed by atoms with van der Waals surface area (Å²) >= 11 is 0. The minimum atomic E-state index is 0.869. The molecule has 0 atom stereocenters. The molecule has 174 valence electrons. The Labute approximate surface area is 214 Å². The van der Waals surface area contributed by atoms with Crippen molar-refractivity contribution in [3.63, 3.8) is 0 Å². The molecule has 0 spiro atoms. The Balaban J connectivity index is 1.68. The van der Waals surface area contributed by atoms with E-state index in [-0.39, 0.29) is 0 Å². The second-order valence-corrected chi connectivity index (χ2v) is 9.86. The van der Waals surface area contributed by atoms with E-state index in [1.54, 1.807) is 0 Å². The van der Waals surface area contributed by atoms with E-state index in [4.69, 9.17) is 4.98 Å². The monoisotopic (exact) mass is 472 g/mol. The van der Waals surface area contributed by atoms with Crippen LogP contribution in [0.25, 0.3) is 70.6 Å². The zero-order valence-electron chi connectivity index (χ0n) is 20.6. The first-order chi connectivity index (χ1) is 18.3. The fraction of sp³-hybridized carbons (Fsp3) is 0.0571. The average molecular weight is 473 g/mol. The van der Waals surface area contributed by atoms with Crippen molar-refractivity contribution >= 4 is 64.9 Å². The smallest absolute Gasteiger partial charge is 0.114 e. The van der Waals surface area contributed by atoms with E-state index in [1.165, 1.54) is 53.9 Å². The standard InChI is InChI=1S/C35H24N2/c1-2-33-36-31-16-7-8-17-32(31)37(33)24-20-23-19-18-22-10-9-15-29-27-13-5-3-11-25(27)26-12-4-6-14-28(26)30(21-24)35(23)34(22)29/h3-21H,2H2,1H3. The predicted octanol–water partition coefficient (Wildman–Crippen LogP) is 9.35. The lowest BCUT2D eigenvalue weighted by molar-refractivity contribution is 0.910. The third-order valence-corrected chi connectivity index (χ3v) is 7.87. The van der Waals surface area contributed by atoms with Gasteiger partial charge in [0.2, 0.25) is 0 Å². The highest BCUT2D eigenvalue weighted by molar-refractivity contribution is 6.33. The van der Waals surface area contributed by atoms with Gasteiger partial charge in [-0.2, -0.15) is 0 Å². The molecule has 0 unspecified atom stereocenters. The molecule has 0 aliphatic heterocycles. The van der Waals surface area contributed by atoms with Gasteiger partial charge in [0, 0.05) is 12.1 Å². The fourth-order valence-electron chi connectivity index (χ4n) is 6.30. The summed E-state index contributed by atoms with van der Waals surface area (Å²) in [5.74, 6) is 1.08. The van der Waals surface area contributed by atoms with Gasteiger partial charge in [-0.25, -0.2) is 4.98 Å². The molecule has 8 rings (SSSR count). The van der Waals surface area contributed by atoms with Gasteiger partial charge in [0.25, 0.3) is 0 Å². The molecule has 37 heavy (non-hydrogen) atoms. The number of nitrogens with zero attached hydrogens (tertiary/aromatic N) is 2. The van der Waals surface area contributed by atoms with E-state index < -0.39 is 0 Å². The minimum Gasteiger partial charge on any atom is -0.296 e. The van der Waals surface area contributed by atoms with Gasteiger partial charge < -0.3 is 0 Å². The van der Waals surface area contributed by atoms with Gasteiger partial charge in [-0.15, -0.1) is 0 Å². The molecule has 1 aromatic heterocycles. The number of rotatable bonds is 2. The number of fused-ring (bicyclic) bond motifs is 6. The molecule has 0 fully saturated rings. The van der Waals surface area contributed by atoms with Gasteiger partial charge in [-0.1, -0.05) is 97.9 Å². The van der Waals surface area contributed by atoms with Crippen molar-refractivity contribution in [3.05, 3.63) is 121 Å². The predicted molar refractivity (Wildman–Crippen MR) is 158 cm³/mol. The largest absolute Gasteiger partial charge is 0.296 e. The number of benzene rings is 6. The molecule has 0 saturated carbocycles. The average Bonchev–Trinajstić information content (AvgIpc) is 3.34. The van der Waals surface area contributed by atoms with Crippen molar-refractivity contribution < 1.29 is 0 Å². The highest BCUT2D eigenvalue weighted by atomic mass is 15.1. The second kappa shape index (κ2) is 7.65. The van der Waals surface area contributed by atoms with Crippen molar-refractivity contribution in [2.24, 2.45) is 0 Å². The zero-order chi connectivity index (χ0) is 24.5. The van der Waals surface area contributed by atoms with Crippen molar-refractivity contribution in [1.29, 1.82) is 0 Å². The summed E-state index contributed by atoms with van der Waals surface area (Å²) in [4.78, 5) is 4.98. The molecule has 2 nitrogen and oxygen atoms in total. The van der Waals surface area contributed by atoms with Crippen LogP contribution in [0, 0.1) is 0 Å². The van der Waals surface area contributed by atoms with Crippen LogP contribution in [-0.4, -0.2) is 9.55 Å². The second-order valence-electron chi connectivity index (χ2n) is 9.86. The van der Waals surface area contributed by atoms with Crippen LogP contribution in [0.3, 0.4) is 0 Å². The number of aryl methyl sites for hydroxylation is 1. The number of aromatic nitrogens is 2. The molecule has 0 amide bonds. The first-order valence-electron chi connectivity index (χ1n) is 13.0. The van der Waals surface area contributed by atoms with Crippen LogP contribution in [-0.2, 0) is 6.42 Å². The normalized spacial score (nSPS) is 12.0. The molecule has 0 N–H and O–H groups in total. The topological polar surface area (TPSA) is 17.8 Å². The van der Waals surface area contributed by atoms with Crippen LogP contribution in [0.5, 0.6) is 0 Å². The molecule has 0 aliphatic carbocycles. The summed E-state index contributed by atoms with van der Waals surface area (Å²) in [6, 6.07) is 42.2. The zero-order valence-corrected chi connectivity index (χ0v) is 20.6. The lowest BCUT2D eigenvalue weighted by Crippen LogP contribution is -2.00. The Morgan fingerprint density at radius 3 is 1.89 bits per heavy atom. The van der Waals surface area contributed by atoms with Gasteiger partial charge in [0.05, 0.1) is 11.0 Å². The lowest BCUT2D eigenvalue weighted by Gasteiger charge is -2.16. The molecule has 7 aromatic carbocycles. The minimum absolute atomic E-state index is 0.869. The van der Waals surface area contributed by atoms with Crippen molar-refractivity contribution in [2.75, 3.05) is 0 Å². The molecule has 8 aromatic rings. The van der Waals surface area contributed by atoms with Gasteiger partial charge in [0.1, 0.15) is 5.82 Å². The number of hydrogen-bond acceptors (Lipinski definition) is 1. The maximum atomic E-state index is 4.98. The van der Waals surface area contributed by atoms with Crippen molar-refractivity contribution in [3.8, 4) is 5.69 Å². The van der Waals surface area contributed by atoms with E-state index in [0.29, 0.717) is 0 Å². The van der Waals surface area contributed by atoms with E-state index in [9.17, 15) is 0 Å². The van der Waals surface area contributed by atoms with Crippen LogP contribution in [0.1, 0.15) is 12.7 Å². The van der Waals surface area contributed by atoms with Gasteiger partial charge in [0.15, 0.2) is 0 Å². The molecule has 0 aliphatic rings. The van der Waals surface area contributed by atoms with Gasteiger partial charge in [-0.05, 0) is 78.1 Å². The highest BCUT2D eigenvalue weighted by Crippen LogP contribution is 2.41. The van der Waals surface area contributed by atoms with E-state index in [2.05, 4.69) is 127 Å². The molecular formula is C35H24N2. The van der Waals surface area contributed by atoms with Crippen molar-refractivity contribution in [1.82, 2.24) is 9.55 Å². The van der Waals surface area contributed by atoms with Crippen molar-refractivity contribution in [2.45, 2.75) is 13.3 Å². The number of para-hydroxylation sites is 2. The summed E-state index contributed by atoms with van der Waals surface area (Å²) < 4.78 is 2.34. The quantitative estimate of drug-likeness (QED) is 0.229. The molecule has 1 heterocycles. The molecule has 0 radical (unpaired) electrons. The number of imidazole rings is 1. The summed E-state index contributed by atoms with van der Waals surface area (Å²) in [6.45, 7) is 2.18. The third-order valence-electron chi connectivity index (χ3n) is 7.87. The first-order valence-corrected chi connectivity index (χ1v) is 13.0. The van der Waals surface area contributed by atoms with Crippen LogP contribution in [0.15, 0.2) is 115 Å². The Kier molecular flexibility index (Phi) is 4.24. The fourth-order valence-corrected chi connectivity index (χ4v) is 6.30. The summed E-state index contributed by atoms with van der Waals surface area (Å²) in [6.07, 6.45) is 0.869. The summed E-state index contributed by atoms with van der Waals surface area (Å²) in [7, 11) is 0. The Morgan fingerprint density at radius 1 is 0.541 bits per heavy atom. The van der Waals surface area contributed by atoms with Crippen LogP contribution in [0.4, 0.5) is 0 Å². The maximum Gasteiger partial charge on any atom is 0.114 e. The summed E-state index contributed by atoms with van der Waals surface area (Å²) in [5.41, 5.74) is 3.35. The lowest BCUT2D eigenvalue weighted by atomic mass is 9.90. The molecule has 2 heteroatoms. The Hall–Kier alpha value is -4.69. The van der Waals surface area contributed by atoms with Gasteiger partial charge >= 0.3 is 0 Å². The van der Waals surface area contributed by atoms with E-state index in [0.717, 1.165) is 29.0 Å². The SMILES string of the molecule is CCc1nc2ccccc2n1-c1cc2ccc3cccc4c5ccccc5c5ccccc5c(c1)c2c34.